The molecule has 2 aliphatic heterocycles. The van der Waals surface area contributed by atoms with Crippen molar-refractivity contribution in [3.63, 3.8) is 0 Å². The Morgan fingerprint density at radius 2 is 2.29 bits per heavy atom. The Morgan fingerprint density at radius 3 is 3.08 bits per heavy atom. The van der Waals surface area contributed by atoms with E-state index in [0.29, 0.717) is 11.8 Å². The molecule has 3 heterocycles. The first-order valence-corrected chi connectivity index (χ1v) is 9.85. The Hall–Kier alpha value is -1.23. The zero-order valence-corrected chi connectivity index (χ0v) is 15.4. The SMILES string of the molecule is COc1c(O)ccc2c1CN1CCc3sc(CCCCl)cc3[C@@H]1C2. The van der Waals surface area contributed by atoms with Crippen LogP contribution in [0.4, 0.5) is 0 Å². The first kappa shape index (κ1) is 16.2. The van der Waals surface area contributed by atoms with Gasteiger partial charge in [0.05, 0.1) is 7.11 Å². The zero-order valence-electron chi connectivity index (χ0n) is 13.8. The normalized spacial score (nSPS) is 19.5. The molecule has 0 saturated carbocycles. The molecule has 0 aliphatic carbocycles. The van der Waals surface area contributed by atoms with E-state index in [1.165, 1.54) is 16.0 Å². The van der Waals surface area contributed by atoms with E-state index in [9.17, 15) is 5.11 Å². The first-order valence-electron chi connectivity index (χ1n) is 8.50. The Morgan fingerprint density at radius 1 is 1.42 bits per heavy atom. The molecule has 4 rings (SSSR count). The first-order chi connectivity index (χ1) is 11.7. The standard InChI is InChI=1S/C19H22ClNO2S/c1-23-19-15-11-21-8-6-18-14(10-13(24-18)3-2-7-20)16(21)9-12(15)4-5-17(19)22/h4-5,10,16,22H,2-3,6-9,11H2,1H3/t16-/m0/s1. The molecule has 128 valence electrons. The van der Waals surface area contributed by atoms with E-state index in [4.69, 9.17) is 16.3 Å². The second kappa shape index (κ2) is 6.58. The number of aromatic hydroxyl groups is 1. The fourth-order valence-electron chi connectivity index (χ4n) is 4.03. The summed E-state index contributed by atoms with van der Waals surface area (Å²) in [5, 5.41) is 10.1. The van der Waals surface area contributed by atoms with Crippen molar-refractivity contribution in [2.24, 2.45) is 0 Å². The average Bonchev–Trinajstić information content (AvgIpc) is 3.02. The Labute approximate surface area is 151 Å². The van der Waals surface area contributed by atoms with Crippen molar-refractivity contribution in [1.82, 2.24) is 4.90 Å². The van der Waals surface area contributed by atoms with E-state index >= 15 is 0 Å². The number of hydrogen-bond donors (Lipinski definition) is 1. The van der Waals surface area contributed by atoms with Gasteiger partial charge in [-0.25, -0.2) is 0 Å². The minimum Gasteiger partial charge on any atom is -0.504 e. The van der Waals surface area contributed by atoms with Crippen LogP contribution < -0.4 is 4.74 Å². The Kier molecular flexibility index (Phi) is 4.46. The van der Waals surface area contributed by atoms with Gasteiger partial charge in [-0.2, -0.15) is 0 Å². The van der Waals surface area contributed by atoms with Gasteiger partial charge in [0.1, 0.15) is 0 Å². The van der Waals surface area contributed by atoms with Gasteiger partial charge in [-0.1, -0.05) is 6.07 Å². The van der Waals surface area contributed by atoms with Crippen molar-refractivity contribution in [2.45, 2.75) is 38.3 Å². The molecule has 0 fully saturated rings. The minimum atomic E-state index is 0.242. The number of phenolic OH excluding ortho intramolecular Hbond substituents is 1. The molecule has 1 N–H and O–H groups in total. The van der Waals surface area contributed by atoms with Crippen LogP contribution in [0.15, 0.2) is 18.2 Å². The molecule has 0 radical (unpaired) electrons. The number of thiophene rings is 1. The van der Waals surface area contributed by atoms with Gasteiger partial charge in [-0.15, -0.1) is 22.9 Å². The number of hydrogen-bond acceptors (Lipinski definition) is 4. The van der Waals surface area contributed by atoms with E-state index in [-0.39, 0.29) is 5.75 Å². The monoisotopic (exact) mass is 363 g/mol. The molecule has 1 aromatic carbocycles. The van der Waals surface area contributed by atoms with Crippen LogP contribution in [-0.4, -0.2) is 29.5 Å². The number of benzene rings is 1. The van der Waals surface area contributed by atoms with Gasteiger partial charge in [0.15, 0.2) is 11.5 Å². The predicted octanol–water partition coefficient (Wildman–Crippen LogP) is 4.29. The van der Waals surface area contributed by atoms with Crippen LogP contribution in [0.2, 0.25) is 0 Å². The van der Waals surface area contributed by atoms with E-state index in [2.05, 4.69) is 17.0 Å². The number of rotatable bonds is 4. The smallest absolute Gasteiger partial charge is 0.165 e. The van der Waals surface area contributed by atoms with E-state index < -0.39 is 0 Å². The third-order valence-corrected chi connectivity index (χ3v) is 6.73. The molecule has 5 heteroatoms. The molecular weight excluding hydrogens is 342 g/mol. The molecule has 2 aromatic rings. The van der Waals surface area contributed by atoms with Crippen molar-refractivity contribution in [3.05, 3.63) is 44.6 Å². The van der Waals surface area contributed by atoms with Gasteiger partial charge < -0.3 is 9.84 Å². The van der Waals surface area contributed by atoms with Gasteiger partial charge >= 0.3 is 0 Å². The molecular formula is C19H22ClNO2S. The Bertz CT molecular complexity index is 758. The summed E-state index contributed by atoms with van der Waals surface area (Å²) in [4.78, 5) is 5.55. The minimum absolute atomic E-state index is 0.242. The summed E-state index contributed by atoms with van der Waals surface area (Å²) in [5.74, 6) is 1.62. The van der Waals surface area contributed by atoms with Crippen molar-refractivity contribution in [2.75, 3.05) is 19.5 Å². The van der Waals surface area contributed by atoms with Crippen LogP contribution in [0.5, 0.6) is 11.5 Å². The molecule has 0 bridgehead atoms. The maximum absolute atomic E-state index is 10.1. The van der Waals surface area contributed by atoms with Crippen LogP contribution in [0.25, 0.3) is 0 Å². The summed E-state index contributed by atoms with van der Waals surface area (Å²) in [6.07, 6.45) is 4.25. The molecule has 1 atom stereocenters. The van der Waals surface area contributed by atoms with E-state index in [1.54, 1.807) is 18.1 Å². The number of halogens is 1. The number of alkyl halides is 1. The quantitative estimate of drug-likeness (QED) is 0.822. The Balaban J connectivity index is 1.67. The van der Waals surface area contributed by atoms with Gasteiger partial charge in [0.25, 0.3) is 0 Å². The van der Waals surface area contributed by atoms with Crippen molar-refractivity contribution in [1.29, 1.82) is 0 Å². The maximum atomic E-state index is 10.1. The highest BCUT2D eigenvalue weighted by atomic mass is 35.5. The molecule has 0 unspecified atom stereocenters. The third kappa shape index (κ3) is 2.71. The van der Waals surface area contributed by atoms with Crippen LogP contribution in [-0.2, 0) is 25.8 Å². The number of phenols is 1. The lowest BCUT2D eigenvalue weighted by Gasteiger charge is -2.40. The second-order valence-electron chi connectivity index (χ2n) is 6.58. The largest absolute Gasteiger partial charge is 0.504 e. The van der Waals surface area contributed by atoms with Gasteiger partial charge in [-0.3, -0.25) is 4.90 Å². The fraction of sp³-hybridized carbons (Fsp3) is 0.474. The lowest BCUT2D eigenvalue weighted by molar-refractivity contribution is 0.159. The number of fused-ring (bicyclic) bond motifs is 4. The molecule has 0 spiro atoms. The molecule has 0 amide bonds. The highest BCUT2D eigenvalue weighted by Gasteiger charge is 2.34. The van der Waals surface area contributed by atoms with Crippen molar-refractivity contribution in [3.8, 4) is 11.5 Å². The van der Waals surface area contributed by atoms with Crippen LogP contribution in [0, 0.1) is 0 Å². The van der Waals surface area contributed by atoms with E-state index in [0.717, 1.165) is 50.2 Å². The summed E-state index contributed by atoms with van der Waals surface area (Å²) < 4.78 is 5.45. The summed E-state index contributed by atoms with van der Waals surface area (Å²) in [5.41, 5.74) is 3.95. The topological polar surface area (TPSA) is 32.7 Å². The molecule has 24 heavy (non-hydrogen) atoms. The van der Waals surface area contributed by atoms with Crippen LogP contribution >= 0.6 is 22.9 Å². The maximum Gasteiger partial charge on any atom is 0.165 e. The number of methoxy groups -OCH3 is 1. The molecule has 0 saturated heterocycles. The number of nitrogens with zero attached hydrogens (tertiary/aromatic N) is 1. The molecule has 3 nitrogen and oxygen atoms in total. The lowest BCUT2D eigenvalue weighted by Crippen LogP contribution is -2.38. The van der Waals surface area contributed by atoms with Gasteiger partial charge in [0, 0.05) is 40.3 Å². The third-order valence-electron chi connectivity index (χ3n) is 5.19. The van der Waals surface area contributed by atoms with E-state index in [1.807, 2.05) is 11.3 Å². The van der Waals surface area contributed by atoms with Gasteiger partial charge in [-0.05, 0) is 48.9 Å². The molecule has 2 aliphatic rings. The number of ether oxygens (including phenoxy) is 1. The predicted molar refractivity (Wildman–Crippen MR) is 98.6 cm³/mol. The highest BCUT2D eigenvalue weighted by molar-refractivity contribution is 7.12. The second-order valence-corrected chi connectivity index (χ2v) is 8.18. The summed E-state index contributed by atoms with van der Waals surface area (Å²) in [7, 11) is 1.64. The van der Waals surface area contributed by atoms with Gasteiger partial charge in [0.2, 0.25) is 0 Å². The lowest BCUT2D eigenvalue weighted by atomic mass is 9.86. The summed E-state index contributed by atoms with van der Waals surface area (Å²) >= 11 is 7.82. The van der Waals surface area contributed by atoms with Crippen LogP contribution in [0.3, 0.4) is 0 Å². The van der Waals surface area contributed by atoms with Crippen molar-refractivity contribution >= 4 is 22.9 Å². The summed E-state index contributed by atoms with van der Waals surface area (Å²) in [6, 6.07) is 6.68. The fourth-order valence-corrected chi connectivity index (χ4v) is 5.42. The average molecular weight is 364 g/mol. The highest BCUT2D eigenvalue weighted by Crippen LogP contribution is 2.45. The van der Waals surface area contributed by atoms with Crippen LogP contribution in [0.1, 0.15) is 38.9 Å². The summed E-state index contributed by atoms with van der Waals surface area (Å²) in [6.45, 7) is 1.93. The van der Waals surface area contributed by atoms with Crippen molar-refractivity contribution < 1.29 is 9.84 Å². The zero-order chi connectivity index (χ0) is 16.7. The molecule has 1 aromatic heterocycles. The number of aryl methyl sites for hydroxylation is 1.